The van der Waals surface area contributed by atoms with Crippen LogP contribution in [-0.2, 0) is 11.3 Å². The van der Waals surface area contributed by atoms with Crippen LogP contribution >= 0.6 is 23.2 Å². The smallest absolute Gasteiger partial charge is 0.227 e. The number of nitrogens with zero attached hydrogens (tertiary/aromatic N) is 1. The molecule has 1 aromatic carbocycles. The summed E-state index contributed by atoms with van der Waals surface area (Å²) in [5.74, 6) is 0.415. The van der Waals surface area contributed by atoms with Gasteiger partial charge in [0.1, 0.15) is 0 Å². The number of benzene rings is 1. The van der Waals surface area contributed by atoms with E-state index in [0.717, 1.165) is 44.3 Å². The molecule has 3 nitrogen and oxygen atoms in total. The fraction of sp³-hybridized carbons (Fsp3) is 0.562. The largest absolute Gasteiger partial charge is 0.335 e. The Hall–Kier alpha value is -0.770. The number of carbonyl (C=O) groups is 1. The molecule has 2 fully saturated rings. The summed E-state index contributed by atoms with van der Waals surface area (Å²) in [6, 6.07) is 6.03. The van der Waals surface area contributed by atoms with Crippen molar-refractivity contribution >= 4 is 29.1 Å². The van der Waals surface area contributed by atoms with Crippen molar-refractivity contribution in [2.45, 2.75) is 38.3 Å². The molecule has 3 rings (SSSR count). The molecule has 1 aliphatic carbocycles. The van der Waals surface area contributed by atoms with Crippen LogP contribution < -0.4 is 5.32 Å². The highest BCUT2D eigenvalue weighted by molar-refractivity contribution is 6.42. The second-order valence-electron chi connectivity index (χ2n) is 5.99. The Morgan fingerprint density at radius 2 is 2.05 bits per heavy atom. The Kier molecular flexibility index (Phi) is 4.72. The molecule has 0 spiro atoms. The normalized spacial score (nSPS) is 22.1. The van der Waals surface area contributed by atoms with Gasteiger partial charge in [-0.1, -0.05) is 29.3 Å². The summed E-state index contributed by atoms with van der Waals surface area (Å²) < 4.78 is 0. The van der Waals surface area contributed by atoms with E-state index in [1.54, 1.807) is 6.07 Å². The van der Waals surface area contributed by atoms with Crippen LogP contribution in [0.15, 0.2) is 18.2 Å². The lowest BCUT2D eigenvalue weighted by molar-refractivity contribution is -0.137. The third kappa shape index (κ3) is 3.71. The molecule has 21 heavy (non-hydrogen) atoms. The van der Waals surface area contributed by atoms with Crippen molar-refractivity contribution < 1.29 is 4.79 Å². The second-order valence-corrected chi connectivity index (χ2v) is 6.80. The van der Waals surface area contributed by atoms with Gasteiger partial charge in [0.25, 0.3) is 0 Å². The van der Waals surface area contributed by atoms with E-state index in [1.165, 1.54) is 0 Å². The number of hydrogen-bond donors (Lipinski definition) is 1. The molecule has 1 N–H and O–H groups in total. The van der Waals surface area contributed by atoms with E-state index in [4.69, 9.17) is 23.2 Å². The highest BCUT2D eigenvalue weighted by atomic mass is 35.5. The number of piperidine rings is 1. The molecule has 5 heteroatoms. The van der Waals surface area contributed by atoms with Crippen molar-refractivity contribution in [1.29, 1.82) is 0 Å². The fourth-order valence-corrected chi connectivity index (χ4v) is 3.23. The van der Waals surface area contributed by atoms with Gasteiger partial charge in [0, 0.05) is 19.1 Å². The second kappa shape index (κ2) is 6.55. The highest BCUT2D eigenvalue weighted by Gasteiger charge is 2.36. The van der Waals surface area contributed by atoms with Gasteiger partial charge in [0.05, 0.1) is 16.0 Å². The van der Waals surface area contributed by atoms with Crippen LogP contribution in [0, 0.1) is 5.92 Å². The molecule has 1 amide bonds. The lowest BCUT2D eigenvalue weighted by atomic mass is 9.97. The van der Waals surface area contributed by atoms with E-state index >= 15 is 0 Å². The Morgan fingerprint density at radius 1 is 1.24 bits per heavy atom. The van der Waals surface area contributed by atoms with Crippen molar-refractivity contribution in [3.8, 4) is 0 Å². The summed E-state index contributed by atoms with van der Waals surface area (Å²) in [6.07, 6.45) is 4.32. The first-order valence-electron chi connectivity index (χ1n) is 7.60. The molecule has 2 aliphatic rings. The lowest BCUT2D eigenvalue weighted by Gasteiger charge is -2.30. The number of amides is 1. The summed E-state index contributed by atoms with van der Waals surface area (Å²) in [5, 5.41) is 4.43. The van der Waals surface area contributed by atoms with E-state index in [9.17, 15) is 4.79 Å². The van der Waals surface area contributed by atoms with Crippen LogP contribution in [0.4, 0.5) is 0 Å². The average Bonchev–Trinajstić information content (AvgIpc) is 3.33. The Bertz CT molecular complexity index is 525. The first-order chi connectivity index (χ1) is 10.1. The molecular weight excluding hydrogens is 307 g/mol. The lowest BCUT2D eigenvalue weighted by Crippen LogP contribution is -2.43. The topological polar surface area (TPSA) is 32.3 Å². The van der Waals surface area contributed by atoms with Gasteiger partial charge in [-0.05, 0) is 49.9 Å². The molecule has 1 saturated heterocycles. The van der Waals surface area contributed by atoms with Gasteiger partial charge in [-0.3, -0.25) is 4.79 Å². The quantitative estimate of drug-likeness (QED) is 0.918. The zero-order chi connectivity index (χ0) is 14.8. The van der Waals surface area contributed by atoms with Gasteiger partial charge in [0.2, 0.25) is 5.91 Å². The predicted molar refractivity (Wildman–Crippen MR) is 85.6 cm³/mol. The van der Waals surface area contributed by atoms with Gasteiger partial charge >= 0.3 is 0 Å². The molecule has 1 atom stereocenters. The average molecular weight is 327 g/mol. The Balaban J connectivity index is 1.71. The van der Waals surface area contributed by atoms with Crippen molar-refractivity contribution in [2.24, 2.45) is 5.92 Å². The first-order valence-corrected chi connectivity index (χ1v) is 8.36. The molecule has 0 aromatic heterocycles. The Labute approximate surface area is 135 Å². The first kappa shape index (κ1) is 15.1. The predicted octanol–water partition coefficient (Wildman–Crippen LogP) is 3.48. The van der Waals surface area contributed by atoms with E-state index in [0.29, 0.717) is 22.6 Å². The molecule has 1 aliphatic heterocycles. The van der Waals surface area contributed by atoms with Crippen molar-refractivity contribution in [1.82, 2.24) is 10.2 Å². The third-order valence-electron chi connectivity index (χ3n) is 4.25. The van der Waals surface area contributed by atoms with Crippen LogP contribution in [-0.4, -0.2) is 29.9 Å². The van der Waals surface area contributed by atoms with Gasteiger partial charge in [-0.25, -0.2) is 0 Å². The number of halogens is 2. The summed E-state index contributed by atoms with van der Waals surface area (Å²) in [6.45, 7) is 2.47. The standard InChI is InChI=1S/C16H20Cl2N2O/c17-14-6-3-11(8-15(14)18)10-20(13-4-5-13)16(21)12-2-1-7-19-9-12/h3,6,8,12-13,19H,1-2,4-5,7,9-10H2/t12-/m0/s1. The van der Waals surface area contributed by atoms with E-state index in [-0.39, 0.29) is 11.8 Å². The number of hydrogen-bond acceptors (Lipinski definition) is 2. The van der Waals surface area contributed by atoms with Gasteiger partial charge in [-0.2, -0.15) is 0 Å². The molecule has 0 bridgehead atoms. The third-order valence-corrected chi connectivity index (χ3v) is 4.99. The molecule has 1 saturated carbocycles. The van der Waals surface area contributed by atoms with Crippen LogP contribution in [0.25, 0.3) is 0 Å². The van der Waals surface area contributed by atoms with Crippen LogP contribution in [0.3, 0.4) is 0 Å². The zero-order valence-electron chi connectivity index (χ0n) is 11.9. The van der Waals surface area contributed by atoms with E-state index in [2.05, 4.69) is 5.32 Å². The summed E-state index contributed by atoms with van der Waals surface area (Å²) in [7, 11) is 0. The van der Waals surface area contributed by atoms with Crippen LogP contribution in [0.1, 0.15) is 31.2 Å². The van der Waals surface area contributed by atoms with Crippen molar-refractivity contribution in [3.05, 3.63) is 33.8 Å². The molecule has 114 valence electrons. The Morgan fingerprint density at radius 3 is 2.67 bits per heavy atom. The van der Waals surface area contributed by atoms with E-state index in [1.807, 2.05) is 17.0 Å². The minimum atomic E-state index is 0.127. The summed E-state index contributed by atoms with van der Waals surface area (Å²) in [4.78, 5) is 14.8. The molecule has 0 unspecified atom stereocenters. The minimum Gasteiger partial charge on any atom is -0.335 e. The van der Waals surface area contributed by atoms with Gasteiger partial charge in [-0.15, -0.1) is 0 Å². The monoisotopic (exact) mass is 326 g/mol. The maximum atomic E-state index is 12.8. The zero-order valence-corrected chi connectivity index (χ0v) is 13.5. The fourth-order valence-electron chi connectivity index (χ4n) is 2.90. The molecule has 1 heterocycles. The van der Waals surface area contributed by atoms with Crippen LogP contribution in [0.5, 0.6) is 0 Å². The maximum absolute atomic E-state index is 12.8. The van der Waals surface area contributed by atoms with Crippen molar-refractivity contribution in [2.75, 3.05) is 13.1 Å². The highest BCUT2D eigenvalue weighted by Crippen LogP contribution is 2.32. The molecule has 1 aromatic rings. The molecular formula is C16H20Cl2N2O. The van der Waals surface area contributed by atoms with E-state index < -0.39 is 0 Å². The van der Waals surface area contributed by atoms with Gasteiger partial charge in [0.15, 0.2) is 0 Å². The number of carbonyl (C=O) groups excluding carboxylic acids is 1. The van der Waals surface area contributed by atoms with Crippen LogP contribution in [0.2, 0.25) is 10.0 Å². The van der Waals surface area contributed by atoms with Gasteiger partial charge < -0.3 is 10.2 Å². The van der Waals surface area contributed by atoms with Crippen molar-refractivity contribution in [3.63, 3.8) is 0 Å². The SMILES string of the molecule is O=C([C@H]1CCCNC1)N(Cc1ccc(Cl)c(Cl)c1)C1CC1. The summed E-state index contributed by atoms with van der Waals surface area (Å²) >= 11 is 12.0. The number of rotatable bonds is 4. The minimum absolute atomic E-state index is 0.127. The number of nitrogens with one attached hydrogen (secondary N) is 1. The molecule has 0 radical (unpaired) electrons. The maximum Gasteiger partial charge on any atom is 0.227 e. The summed E-state index contributed by atoms with van der Waals surface area (Å²) in [5.41, 5.74) is 1.05.